The zero-order valence-corrected chi connectivity index (χ0v) is 16.2. The number of allylic oxidation sites excluding steroid dienone is 1. The molecule has 2 aromatic carbocycles. The van der Waals surface area contributed by atoms with Crippen molar-refractivity contribution >= 4 is 18.7 Å². The van der Waals surface area contributed by atoms with Gasteiger partial charge in [-0.25, -0.2) is 0 Å². The fraction of sp³-hybridized carbons (Fsp3) is 0.333. The van der Waals surface area contributed by atoms with E-state index in [1.807, 2.05) is 0 Å². The number of hydrogen-bond acceptors (Lipinski definition) is 2. The molecule has 0 bridgehead atoms. The van der Waals surface area contributed by atoms with Crippen LogP contribution in [0.1, 0.15) is 27.2 Å². The third-order valence-electron chi connectivity index (χ3n) is 4.01. The molecule has 0 radical (unpaired) electrons. The van der Waals surface area contributed by atoms with Crippen LogP contribution in [0.25, 0.3) is 0 Å². The van der Waals surface area contributed by atoms with Crippen LogP contribution in [0.2, 0.25) is 6.04 Å². The van der Waals surface area contributed by atoms with Gasteiger partial charge >= 0.3 is 0 Å². The summed E-state index contributed by atoms with van der Waals surface area (Å²) in [4.78, 5) is 0. The van der Waals surface area contributed by atoms with Crippen LogP contribution < -0.4 is 10.4 Å². The summed E-state index contributed by atoms with van der Waals surface area (Å²) in [5.41, 5.74) is -0.230. The molecule has 0 unspecified atom stereocenters. The molecule has 0 aromatic heterocycles. The minimum atomic E-state index is -2.40. The van der Waals surface area contributed by atoms with E-state index < -0.39 is 8.32 Å². The van der Waals surface area contributed by atoms with Gasteiger partial charge in [0.1, 0.15) is 0 Å². The molecule has 3 heteroatoms. The fourth-order valence-corrected chi connectivity index (χ4v) is 7.37. The van der Waals surface area contributed by atoms with Crippen molar-refractivity contribution in [1.29, 1.82) is 0 Å². The van der Waals surface area contributed by atoms with Gasteiger partial charge in [0.15, 0.2) is 0 Å². The van der Waals surface area contributed by atoms with Crippen molar-refractivity contribution in [3.63, 3.8) is 0 Å². The first-order valence-electron chi connectivity index (χ1n) is 8.40. The third kappa shape index (κ3) is 4.59. The Morgan fingerprint density at radius 2 is 1.38 bits per heavy atom. The van der Waals surface area contributed by atoms with Crippen LogP contribution in [0.3, 0.4) is 0 Å². The standard InChI is InChI=1S/C21H28O2Si/c1-18(22-5)16-17-24(23-21(2,3)4,19-12-8-6-9-13-19)20-14-10-7-11-15-20/h6-15H,1,16-17H2,2-5H3. The third-order valence-corrected chi connectivity index (χ3v) is 8.45. The van der Waals surface area contributed by atoms with Crippen LogP contribution >= 0.6 is 0 Å². The Bertz CT molecular complexity index is 605. The van der Waals surface area contributed by atoms with Crippen LogP contribution in [-0.2, 0) is 9.16 Å². The van der Waals surface area contributed by atoms with Crippen molar-refractivity contribution in [2.24, 2.45) is 0 Å². The molecule has 0 amide bonds. The maximum atomic E-state index is 6.83. The summed E-state index contributed by atoms with van der Waals surface area (Å²) < 4.78 is 12.2. The molecule has 2 rings (SSSR count). The SMILES string of the molecule is C=C(CC[Si](OC(C)(C)C)(c1ccccc1)c1ccccc1)OC. The van der Waals surface area contributed by atoms with Gasteiger partial charge in [-0.15, -0.1) is 0 Å². The molecule has 0 aliphatic heterocycles. The number of hydrogen-bond donors (Lipinski definition) is 0. The smallest absolute Gasteiger partial charge is 0.256 e. The molecule has 2 nitrogen and oxygen atoms in total. The molecule has 0 N–H and O–H groups in total. The van der Waals surface area contributed by atoms with Gasteiger partial charge in [0.2, 0.25) is 0 Å². The molecule has 0 spiro atoms. The second-order valence-corrected chi connectivity index (χ2v) is 10.5. The van der Waals surface area contributed by atoms with Crippen LogP contribution in [0, 0.1) is 0 Å². The average molecular weight is 341 g/mol. The van der Waals surface area contributed by atoms with E-state index in [9.17, 15) is 0 Å². The topological polar surface area (TPSA) is 18.5 Å². The van der Waals surface area contributed by atoms with Gasteiger partial charge in [-0.1, -0.05) is 67.2 Å². The largest absolute Gasteiger partial charge is 0.502 e. The zero-order chi connectivity index (χ0) is 17.6. The van der Waals surface area contributed by atoms with E-state index in [1.165, 1.54) is 10.4 Å². The number of ether oxygens (including phenoxy) is 1. The second kappa shape index (κ2) is 7.82. The Balaban J connectivity index is 2.56. The first-order valence-corrected chi connectivity index (χ1v) is 10.5. The van der Waals surface area contributed by atoms with E-state index in [2.05, 4.69) is 88.0 Å². The molecule has 0 aliphatic rings. The lowest BCUT2D eigenvalue weighted by atomic mass is 10.2. The van der Waals surface area contributed by atoms with E-state index in [0.717, 1.165) is 18.2 Å². The van der Waals surface area contributed by atoms with Crippen molar-refractivity contribution in [2.45, 2.75) is 38.8 Å². The minimum Gasteiger partial charge on any atom is -0.502 e. The molecular formula is C21H28O2Si. The predicted octanol–water partition coefficient (Wildman–Crippen LogP) is 4.11. The first kappa shape index (κ1) is 18.5. The molecule has 0 atom stereocenters. The Morgan fingerprint density at radius 3 is 1.75 bits per heavy atom. The van der Waals surface area contributed by atoms with Gasteiger partial charge < -0.3 is 9.16 Å². The van der Waals surface area contributed by atoms with Crippen molar-refractivity contribution < 1.29 is 9.16 Å². The number of methoxy groups -OCH3 is 1. The van der Waals surface area contributed by atoms with Crippen LogP contribution in [0.5, 0.6) is 0 Å². The van der Waals surface area contributed by atoms with Crippen molar-refractivity contribution in [3.05, 3.63) is 73.0 Å². The Hall–Kier alpha value is -1.84. The first-order chi connectivity index (χ1) is 11.4. The van der Waals surface area contributed by atoms with Crippen LogP contribution in [0.4, 0.5) is 0 Å². The highest BCUT2D eigenvalue weighted by molar-refractivity contribution is 6.97. The fourth-order valence-electron chi connectivity index (χ4n) is 2.98. The number of benzene rings is 2. The van der Waals surface area contributed by atoms with E-state index in [4.69, 9.17) is 9.16 Å². The molecule has 0 saturated carbocycles. The summed E-state index contributed by atoms with van der Waals surface area (Å²) >= 11 is 0. The van der Waals surface area contributed by atoms with E-state index in [1.54, 1.807) is 7.11 Å². The molecular weight excluding hydrogens is 312 g/mol. The van der Waals surface area contributed by atoms with E-state index in [0.29, 0.717) is 0 Å². The quantitative estimate of drug-likeness (QED) is 0.558. The monoisotopic (exact) mass is 340 g/mol. The molecule has 0 heterocycles. The normalized spacial score (nSPS) is 12.0. The highest BCUT2D eigenvalue weighted by Crippen LogP contribution is 2.24. The minimum absolute atomic E-state index is 0.230. The average Bonchev–Trinajstić information content (AvgIpc) is 2.59. The maximum absolute atomic E-state index is 6.83. The molecule has 128 valence electrons. The summed E-state index contributed by atoms with van der Waals surface area (Å²) in [7, 11) is -0.721. The highest BCUT2D eigenvalue weighted by Gasteiger charge is 2.42. The van der Waals surface area contributed by atoms with Crippen LogP contribution in [0.15, 0.2) is 73.0 Å². The van der Waals surface area contributed by atoms with E-state index in [-0.39, 0.29) is 5.60 Å². The lowest BCUT2D eigenvalue weighted by molar-refractivity contribution is 0.125. The van der Waals surface area contributed by atoms with Crippen molar-refractivity contribution in [3.8, 4) is 0 Å². The summed E-state index contributed by atoms with van der Waals surface area (Å²) in [5, 5.41) is 2.57. The molecule has 0 saturated heterocycles. The molecule has 0 aliphatic carbocycles. The highest BCUT2D eigenvalue weighted by atomic mass is 28.4. The Morgan fingerprint density at radius 1 is 0.917 bits per heavy atom. The Kier molecular flexibility index (Phi) is 6.03. The predicted molar refractivity (Wildman–Crippen MR) is 104 cm³/mol. The van der Waals surface area contributed by atoms with Gasteiger partial charge in [0.25, 0.3) is 8.32 Å². The second-order valence-electron chi connectivity index (χ2n) is 7.02. The summed E-state index contributed by atoms with van der Waals surface area (Å²) in [6.07, 6.45) is 0.794. The molecule has 0 fully saturated rings. The Labute approximate surface area is 147 Å². The van der Waals surface area contributed by atoms with Gasteiger partial charge in [0.05, 0.1) is 12.9 Å². The molecule has 2 aromatic rings. The molecule has 24 heavy (non-hydrogen) atoms. The van der Waals surface area contributed by atoms with Gasteiger partial charge in [0, 0.05) is 12.0 Å². The number of rotatable bonds is 7. The van der Waals surface area contributed by atoms with Gasteiger partial charge in [-0.05, 0) is 37.2 Å². The van der Waals surface area contributed by atoms with Crippen molar-refractivity contribution in [1.82, 2.24) is 0 Å². The maximum Gasteiger partial charge on any atom is 0.256 e. The summed E-state index contributed by atoms with van der Waals surface area (Å²) in [6, 6.07) is 22.2. The van der Waals surface area contributed by atoms with Gasteiger partial charge in [-0.2, -0.15) is 0 Å². The lowest BCUT2D eigenvalue weighted by Crippen LogP contribution is -2.63. The lowest BCUT2D eigenvalue weighted by Gasteiger charge is -2.39. The van der Waals surface area contributed by atoms with Crippen LogP contribution in [-0.4, -0.2) is 21.0 Å². The summed E-state index contributed by atoms with van der Waals surface area (Å²) in [5.74, 6) is 0.802. The van der Waals surface area contributed by atoms with Crippen molar-refractivity contribution in [2.75, 3.05) is 7.11 Å². The summed E-state index contributed by atoms with van der Waals surface area (Å²) in [6.45, 7) is 10.4. The van der Waals surface area contributed by atoms with Gasteiger partial charge in [-0.3, -0.25) is 0 Å². The van der Waals surface area contributed by atoms with E-state index >= 15 is 0 Å². The zero-order valence-electron chi connectivity index (χ0n) is 15.2.